The maximum Gasteiger partial charge on any atom is 0.123 e. The highest BCUT2D eigenvalue weighted by Gasteiger charge is 2.07. The zero-order valence-corrected chi connectivity index (χ0v) is 10.7. The quantitative estimate of drug-likeness (QED) is 0.771. The molecule has 0 atom stereocenters. The van der Waals surface area contributed by atoms with E-state index in [1.165, 1.54) is 5.56 Å². The van der Waals surface area contributed by atoms with Crippen molar-refractivity contribution in [1.29, 1.82) is 0 Å². The van der Waals surface area contributed by atoms with Gasteiger partial charge in [0.1, 0.15) is 5.82 Å². The van der Waals surface area contributed by atoms with Crippen LogP contribution in [0.25, 0.3) is 0 Å². The van der Waals surface area contributed by atoms with Crippen molar-refractivity contribution in [3.63, 3.8) is 0 Å². The molecule has 0 aliphatic heterocycles. The maximum atomic E-state index is 12.9. The van der Waals surface area contributed by atoms with Crippen molar-refractivity contribution in [2.45, 2.75) is 46.1 Å². The number of benzene rings is 1. The molecule has 0 aromatic heterocycles. The Hall–Kier alpha value is -0.890. The molecule has 1 nitrogen and oxygen atoms in total. The monoisotopic (exact) mass is 223 g/mol. The Kier molecular flexibility index (Phi) is 4.48. The summed E-state index contributed by atoms with van der Waals surface area (Å²) in [5, 5.41) is 3.45. The third-order valence-corrected chi connectivity index (χ3v) is 2.58. The minimum Gasteiger partial charge on any atom is -0.312 e. The van der Waals surface area contributed by atoms with Crippen LogP contribution in [0.4, 0.5) is 4.39 Å². The molecular formula is C14H22FN. The van der Waals surface area contributed by atoms with E-state index in [1.54, 1.807) is 12.1 Å². The Balaban J connectivity index is 2.38. The van der Waals surface area contributed by atoms with Gasteiger partial charge in [-0.25, -0.2) is 4.39 Å². The maximum absolute atomic E-state index is 12.9. The first kappa shape index (κ1) is 13.2. The second kappa shape index (κ2) is 5.44. The molecule has 1 rings (SSSR count). The van der Waals surface area contributed by atoms with Gasteiger partial charge >= 0.3 is 0 Å². The van der Waals surface area contributed by atoms with Crippen molar-refractivity contribution in [2.75, 3.05) is 6.54 Å². The van der Waals surface area contributed by atoms with Crippen LogP contribution >= 0.6 is 0 Å². The molecule has 2 heteroatoms. The second-order valence-electron chi connectivity index (χ2n) is 5.35. The Bertz CT molecular complexity index is 339. The van der Waals surface area contributed by atoms with Crippen molar-refractivity contribution < 1.29 is 4.39 Å². The van der Waals surface area contributed by atoms with Gasteiger partial charge in [0.05, 0.1) is 0 Å². The summed E-state index contributed by atoms with van der Waals surface area (Å²) in [6, 6.07) is 5.04. The van der Waals surface area contributed by atoms with E-state index in [4.69, 9.17) is 0 Å². The van der Waals surface area contributed by atoms with Crippen LogP contribution in [0.15, 0.2) is 18.2 Å². The van der Waals surface area contributed by atoms with Crippen molar-refractivity contribution in [3.8, 4) is 0 Å². The lowest BCUT2D eigenvalue weighted by Gasteiger charge is -2.20. The van der Waals surface area contributed by atoms with E-state index >= 15 is 0 Å². The van der Waals surface area contributed by atoms with Crippen LogP contribution in [-0.2, 0) is 6.42 Å². The van der Waals surface area contributed by atoms with Crippen molar-refractivity contribution >= 4 is 0 Å². The molecule has 0 spiro atoms. The summed E-state index contributed by atoms with van der Waals surface area (Å²) in [6.07, 6.45) is 2.10. The molecule has 0 aliphatic rings. The van der Waals surface area contributed by atoms with Gasteiger partial charge in [-0.2, -0.15) is 0 Å². The largest absolute Gasteiger partial charge is 0.312 e. The fourth-order valence-electron chi connectivity index (χ4n) is 1.68. The molecule has 0 fully saturated rings. The molecule has 0 radical (unpaired) electrons. The van der Waals surface area contributed by atoms with E-state index < -0.39 is 0 Å². The second-order valence-corrected chi connectivity index (χ2v) is 5.35. The van der Waals surface area contributed by atoms with Gasteiger partial charge in [0.25, 0.3) is 0 Å². The van der Waals surface area contributed by atoms with Crippen LogP contribution in [0.5, 0.6) is 0 Å². The first-order valence-electron chi connectivity index (χ1n) is 5.88. The Morgan fingerprint density at radius 3 is 2.50 bits per heavy atom. The van der Waals surface area contributed by atoms with Gasteiger partial charge < -0.3 is 5.32 Å². The van der Waals surface area contributed by atoms with Crippen molar-refractivity contribution in [3.05, 3.63) is 35.1 Å². The number of rotatable bonds is 4. The van der Waals surface area contributed by atoms with Crippen molar-refractivity contribution in [2.24, 2.45) is 0 Å². The summed E-state index contributed by atoms with van der Waals surface area (Å²) in [6.45, 7) is 9.46. The lowest BCUT2D eigenvalue weighted by molar-refractivity contribution is 0.422. The molecule has 0 heterocycles. The number of hydrogen-bond acceptors (Lipinski definition) is 1. The molecule has 90 valence electrons. The number of aryl methyl sites for hydroxylation is 2. The molecule has 0 bridgehead atoms. The predicted octanol–water partition coefficient (Wildman–Crippen LogP) is 3.45. The molecule has 0 saturated heterocycles. The van der Waals surface area contributed by atoms with E-state index in [0.29, 0.717) is 0 Å². The molecule has 0 amide bonds. The minimum absolute atomic E-state index is 0.144. The summed E-state index contributed by atoms with van der Waals surface area (Å²) in [5.41, 5.74) is 2.48. The molecule has 16 heavy (non-hydrogen) atoms. The standard InChI is InChI=1S/C14H22FN/c1-11-10-13(15)8-7-12(11)6-5-9-16-14(2,3)4/h7-8,10,16H,5-6,9H2,1-4H3. The Labute approximate surface area is 98.1 Å². The number of halogens is 1. The van der Waals surface area contributed by atoms with Crippen LogP contribution in [-0.4, -0.2) is 12.1 Å². The van der Waals surface area contributed by atoms with Gasteiger partial charge in [-0.3, -0.25) is 0 Å². The van der Waals surface area contributed by atoms with Gasteiger partial charge in [0.15, 0.2) is 0 Å². The topological polar surface area (TPSA) is 12.0 Å². The van der Waals surface area contributed by atoms with Crippen LogP contribution < -0.4 is 5.32 Å². The lowest BCUT2D eigenvalue weighted by Crippen LogP contribution is -2.36. The van der Waals surface area contributed by atoms with Gasteiger partial charge in [-0.15, -0.1) is 0 Å². The Morgan fingerprint density at radius 2 is 1.94 bits per heavy atom. The summed E-state index contributed by atoms with van der Waals surface area (Å²) >= 11 is 0. The zero-order valence-electron chi connectivity index (χ0n) is 10.7. The third-order valence-electron chi connectivity index (χ3n) is 2.58. The van der Waals surface area contributed by atoms with E-state index in [1.807, 2.05) is 13.0 Å². The van der Waals surface area contributed by atoms with E-state index in [0.717, 1.165) is 24.9 Å². The zero-order chi connectivity index (χ0) is 12.2. The first-order chi connectivity index (χ1) is 7.38. The smallest absolute Gasteiger partial charge is 0.123 e. The van der Waals surface area contributed by atoms with Gasteiger partial charge in [0.2, 0.25) is 0 Å². The number of hydrogen-bond donors (Lipinski definition) is 1. The van der Waals surface area contributed by atoms with E-state index in [2.05, 4.69) is 26.1 Å². The Morgan fingerprint density at radius 1 is 1.25 bits per heavy atom. The summed E-state index contributed by atoms with van der Waals surface area (Å²) in [4.78, 5) is 0. The molecule has 1 aromatic rings. The van der Waals surface area contributed by atoms with E-state index in [-0.39, 0.29) is 11.4 Å². The molecule has 1 N–H and O–H groups in total. The molecule has 1 aromatic carbocycles. The minimum atomic E-state index is -0.144. The fourth-order valence-corrected chi connectivity index (χ4v) is 1.68. The van der Waals surface area contributed by atoms with Gasteiger partial charge in [-0.05, 0) is 70.3 Å². The number of nitrogens with one attached hydrogen (secondary N) is 1. The average molecular weight is 223 g/mol. The van der Waals surface area contributed by atoms with Crippen LogP contribution in [0.3, 0.4) is 0 Å². The van der Waals surface area contributed by atoms with Gasteiger partial charge in [-0.1, -0.05) is 6.07 Å². The highest BCUT2D eigenvalue weighted by atomic mass is 19.1. The van der Waals surface area contributed by atoms with Crippen LogP contribution in [0.2, 0.25) is 0 Å². The fraction of sp³-hybridized carbons (Fsp3) is 0.571. The summed E-state index contributed by atoms with van der Waals surface area (Å²) in [5.74, 6) is -0.144. The lowest BCUT2D eigenvalue weighted by atomic mass is 10.0. The normalized spacial score (nSPS) is 11.8. The molecular weight excluding hydrogens is 201 g/mol. The first-order valence-corrected chi connectivity index (χ1v) is 5.88. The third kappa shape index (κ3) is 4.75. The highest BCUT2D eigenvalue weighted by Crippen LogP contribution is 2.12. The predicted molar refractivity (Wildman–Crippen MR) is 67.2 cm³/mol. The highest BCUT2D eigenvalue weighted by molar-refractivity contribution is 5.26. The van der Waals surface area contributed by atoms with Crippen LogP contribution in [0.1, 0.15) is 38.3 Å². The summed E-state index contributed by atoms with van der Waals surface area (Å²) in [7, 11) is 0. The molecule has 0 unspecified atom stereocenters. The van der Waals surface area contributed by atoms with Crippen molar-refractivity contribution in [1.82, 2.24) is 5.32 Å². The summed E-state index contributed by atoms with van der Waals surface area (Å²) < 4.78 is 12.9. The molecule has 0 saturated carbocycles. The van der Waals surface area contributed by atoms with Gasteiger partial charge in [0, 0.05) is 5.54 Å². The SMILES string of the molecule is Cc1cc(F)ccc1CCCNC(C)(C)C. The van der Waals surface area contributed by atoms with Crippen LogP contribution in [0, 0.1) is 12.7 Å². The average Bonchev–Trinajstić information content (AvgIpc) is 2.13. The van der Waals surface area contributed by atoms with E-state index in [9.17, 15) is 4.39 Å². The molecule has 0 aliphatic carbocycles.